The van der Waals surface area contributed by atoms with Crippen LogP contribution in [0.3, 0.4) is 0 Å². The molecule has 0 amide bonds. The minimum atomic E-state index is -0.571. The molecule has 0 aliphatic rings. The summed E-state index contributed by atoms with van der Waals surface area (Å²) in [7, 11) is 0. The van der Waals surface area contributed by atoms with Crippen LogP contribution < -0.4 is 9.47 Å². The number of nitro groups is 1. The number of para-hydroxylation sites is 1. The van der Waals surface area contributed by atoms with E-state index in [0.29, 0.717) is 6.61 Å². The van der Waals surface area contributed by atoms with Crippen molar-refractivity contribution < 1.29 is 18.8 Å². The number of hydrogen-bond donors (Lipinski definition) is 0. The van der Waals surface area contributed by atoms with Crippen LogP contribution in [0.1, 0.15) is 6.92 Å². The highest BCUT2D eigenvalue weighted by molar-refractivity contribution is 9.10. The first-order chi connectivity index (χ1) is 10.0. The van der Waals surface area contributed by atoms with E-state index in [9.17, 15) is 14.5 Å². The van der Waals surface area contributed by atoms with Gasteiger partial charge in [-0.25, -0.2) is 4.39 Å². The number of halogens is 2. The maximum absolute atomic E-state index is 13.2. The number of ether oxygens (including phenoxy) is 2. The highest BCUT2D eigenvalue weighted by atomic mass is 79.9. The van der Waals surface area contributed by atoms with Gasteiger partial charge in [-0.15, -0.1) is 0 Å². The second kappa shape index (κ2) is 6.53. The smallest absolute Gasteiger partial charge is 0.352 e. The zero-order valence-electron chi connectivity index (χ0n) is 11.0. The lowest BCUT2D eigenvalue weighted by Crippen LogP contribution is -1.99. The molecule has 7 heteroatoms. The zero-order valence-corrected chi connectivity index (χ0v) is 12.6. The summed E-state index contributed by atoms with van der Waals surface area (Å²) in [6, 6.07) is 8.53. The lowest BCUT2D eigenvalue weighted by molar-refractivity contribution is -0.386. The summed E-state index contributed by atoms with van der Waals surface area (Å²) in [5.74, 6) is -0.00873. The van der Waals surface area contributed by atoms with Crippen molar-refractivity contribution in [1.82, 2.24) is 0 Å². The van der Waals surface area contributed by atoms with Gasteiger partial charge in [-0.3, -0.25) is 10.1 Å². The van der Waals surface area contributed by atoms with Gasteiger partial charge in [0, 0.05) is 0 Å². The van der Waals surface area contributed by atoms with Crippen molar-refractivity contribution in [3.63, 3.8) is 0 Å². The van der Waals surface area contributed by atoms with Crippen LogP contribution in [0.15, 0.2) is 40.9 Å². The average Bonchev–Trinajstić information content (AvgIpc) is 2.43. The molecule has 2 aromatic rings. The Morgan fingerprint density at radius 2 is 2.00 bits per heavy atom. The van der Waals surface area contributed by atoms with Gasteiger partial charge in [-0.1, -0.05) is 6.07 Å². The van der Waals surface area contributed by atoms with E-state index < -0.39 is 10.7 Å². The molecule has 0 saturated carbocycles. The van der Waals surface area contributed by atoms with Crippen LogP contribution in [-0.4, -0.2) is 11.5 Å². The fourth-order valence-corrected chi connectivity index (χ4v) is 2.06. The van der Waals surface area contributed by atoms with Crippen LogP contribution in [0, 0.1) is 15.9 Å². The highest BCUT2D eigenvalue weighted by Crippen LogP contribution is 2.39. The molecule has 0 aromatic heterocycles. The summed E-state index contributed by atoms with van der Waals surface area (Å²) in [5.41, 5.74) is -0.264. The van der Waals surface area contributed by atoms with Crippen LogP contribution >= 0.6 is 15.9 Å². The molecule has 110 valence electrons. The normalized spacial score (nSPS) is 10.2. The van der Waals surface area contributed by atoms with Crippen molar-refractivity contribution in [3.05, 3.63) is 56.8 Å². The maximum Gasteiger partial charge on any atom is 0.352 e. The van der Waals surface area contributed by atoms with Crippen molar-refractivity contribution in [1.29, 1.82) is 0 Å². The standard InChI is InChI=1S/C14H11BrFNO4/c1-2-20-12-4-3-5-13(14(12)17(18)19)21-9-6-7-11(16)10(15)8-9/h3-8H,2H2,1H3. The molecular weight excluding hydrogens is 345 g/mol. The van der Waals surface area contributed by atoms with Gasteiger partial charge >= 0.3 is 5.69 Å². The van der Waals surface area contributed by atoms with Gasteiger partial charge in [0.25, 0.3) is 0 Å². The van der Waals surface area contributed by atoms with E-state index in [1.807, 2.05) is 0 Å². The molecule has 0 N–H and O–H groups in total. The Bertz CT molecular complexity index is 678. The zero-order chi connectivity index (χ0) is 15.4. The summed E-state index contributed by atoms with van der Waals surface area (Å²) in [6.45, 7) is 2.03. The van der Waals surface area contributed by atoms with E-state index in [1.54, 1.807) is 13.0 Å². The Morgan fingerprint density at radius 1 is 1.29 bits per heavy atom. The molecule has 0 radical (unpaired) electrons. The van der Waals surface area contributed by atoms with Crippen LogP contribution in [0.25, 0.3) is 0 Å². The first kappa shape index (κ1) is 15.2. The predicted octanol–water partition coefficient (Wildman–Crippen LogP) is 4.69. The van der Waals surface area contributed by atoms with Crippen LogP contribution in [0.5, 0.6) is 17.2 Å². The minimum Gasteiger partial charge on any atom is -0.487 e. The lowest BCUT2D eigenvalue weighted by Gasteiger charge is -2.10. The number of nitro benzene ring substituents is 1. The highest BCUT2D eigenvalue weighted by Gasteiger charge is 2.22. The number of benzene rings is 2. The Hall–Kier alpha value is -2.15. The molecule has 0 heterocycles. The fraction of sp³-hybridized carbons (Fsp3) is 0.143. The Labute approximate surface area is 128 Å². The largest absolute Gasteiger partial charge is 0.487 e. The summed E-state index contributed by atoms with van der Waals surface area (Å²) in [5, 5.41) is 11.2. The molecule has 2 aromatic carbocycles. The van der Waals surface area contributed by atoms with E-state index in [0.717, 1.165) is 0 Å². The SMILES string of the molecule is CCOc1cccc(Oc2ccc(F)c(Br)c2)c1[N+](=O)[O-]. The van der Waals surface area contributed by atoms with Gasteiger partial charge in [0.15, 0.2) is 0 Å². The molecule has 2 rings (SSSR count). The quantitative estimate of drug-likeness (QED) is 0.576. The van der Waals surface area contributed by atoms with Crippen molar-refractivity contribution in [3.8, 4) is 17.2 Å². The van der Waals surface area contributed by atoms with E-state index in [4.69, 9.17) is 9.47 Å². The van der Waals surface area contributed by atoms with Gasteiger partial charge in [0.1, 0.15) is 11.6 Å². The molecule has 0 fully saturated rings. The monoisotopic (exact) mass is 355 g/mol. The number of nitrogens with zero attached hydrogens (tertiary/aromatic N) is 1. The molecule has 5 nitrogen and oxygen atoms in total. The van der Waals surface area contributed by atoms with Crippen molar-refractivity contribution in [2.24, 2.45) is 0 Å². The third kappa shape index (κ3) is 3.49. The minimum absolute atomic E-state index is 0.0319. The van der Waals surface area contributed by atoms with Crippen molar-refractivity contribution >= 4 is 21.6 Å². The predicted molar refractivity (Wildman–Crippen MR) is 78.4 cm³/mol. The van der Waals surface area contributed by atoms with Crippen molar-refractivity contribution in [2.75, 3.05) is 6.61 Å². The summed E-state index contributed by atoms with van der Waals surface area (Å²) in [4.78, 5) is 10.6. The van der Waals surface area contributed by atoms with Gasteiger partial charge in [-0.05, 0) is 53.2 Å². The van der Waals surface area contributed by atoms with Crippen LogP contribution in [-0.2, 0) is 0 Å². The fourth-order valence-electron chi connectivity index (χ4n) is 1.70. The van der Waals surface area contributed by atoms with Crippen LogP contribution in [0.2, 0.25) is 0 Å². The third-order valence-corrected chi connectivity index (χ3v) is 3.17. The third-order valence-electron chi connectivity index (χ3n) is 2.56. The Kier molecular flexibility index (Phi) is 4.74. The van der Waals surface area contributed by atoms with Gasteiger partial charge in [0.2, 0.25) is 11.5 Å². The Morgan fingerprint density at radius 3 is 2.62 bits per heavy atom. The van der Waals surface area contributed by atoms with Gasteiger partial charge < -0.3 is 9.47 Å². The summed E-state index contributed by atoms with van der Waals surface area (Å²) < 4.78 is 24.1. The van der Waals surface area contributed by atoms with E-state index in [-0.39, 0.29) is 27.4 Å². The molecule has 0 atom stereocenters. The maximum atomic E-state index is 13.2. The summed E-state index contributed by atoms with van der Waals surface area (Å²) in [6.07, 6.45) is 0. The first-order valence-corrected chi connectivity index (χ1v) is 6.85. The van der Waals surface area contributed by atoms with E-state index >= 15 is 0 Å². The molecule has 0 saturated heterocycles. The molecule has 0 aliphatic heterocycles. The van der Waals surface area contributed by atoms with E-state index in [2.05, 4.69) is 15.9 Å². The average molecular weight is 356 g/mol. The topological polar surface area (TPSA) is 61.6 Å². The molecule has 0 bridgehead atoms. The number of rotatable bonds is 5. The molecule has 0 aliphatic carbocycles. The molecular formula is C14H11BrFNO4. The molecule has 0 spiro atoms. The van der Waals surface area contributed by atoms with Crippen molar-refractivity contribution in [2.45, 2.75) is 6.92 Å². The second-order valence-corrected chi connectivity index (χ2v) is 4.83. The molecule has 0 unspecified atom stereocenters. The second-order valence-electron chi connectivity index (χ2n) is 3.97. The number of hydrogen-bond acceptors (Lipinski definition) is 4. The lowest BCUT2D eigenvalue weighted by atomic mass is 10.2. The van der Waals surface area contributed by atoms with E-state index in [1.165, 1.54) is 30.3 Å². The molecule has 21 heavy (non-hydrogen) atoms. The van der Waals surface area contributed by atoms with Gasteiger partial charge in [0.05, 0.1) is 16.0 Å². The van der Waals surface area contributed by atoms with Gasteiger partial charge in [-0.2, -0.15) is 0 Å². The van der Waals surface area contributed by atoms with Crippen LogP contribution in [0.4, 0.5) is 10.1 Å². The Balaban J connectivity index is 2.41. The first-order valence-electron chi connectivity index (χ1n) is 6.06. The summed E-state index contributed by atoms with van der Waals surface area (Å²) >= 11 is 3.03.